The Hall–Kier alpha value is -1.42. The Morgan fingerprint density at radius 1 is 1.50 bits per heavy atom. The molecule has 1 aromatic carbocycles. The molecule has 1 N–H and O–H groups in total. The van der Waals surface area contributed by atoms with Crippen molar-refractivity contribution in [2.75, 3.05) is 13.1 Å². The molecule has 1 heterocycles. The highest BCUT2D eigenvalue weighted by Crippen LogP contribution is 2.18. The van der Waals surface area contributed by atoms with Gasteiger partial charge >= 0.3 is 0 Å². The summed E-state index contributed by atoms with van der Waals surface area (Å²) in [6.45, 7) is 3.03. The number of halogens is 1. The van der Waals surface area contributed by atoms with E-state index in [0.717, 1.165) is 0 Å². The Bertz CT molecular complexity index is 436. The minimum Gasteiger partial charge on any atom is -0.393 e. The van der Waals surface area contributed by atoms with Crippen molar-refractivity contribution in [3.8, 4) is 0 Å². The van der Waals surface area contributed by atoms with E-state index in [1.54, 1.807) is 23.1 Å². The number of carbonyl (C=O) groups is 1. The van der Waals surface area contributed by atoms with Gasteiger partial charge in [0.05, 0.1) is 12.5 Å². The third-order valence-electron chi connectivity index (χ3n) is 3.51. The first-order valence-electron chi connectivity index (χ1n) is 6.27. The molecule has 98 valence electrons. The van der Waals surface area contributed by atoms with Crippen LogP contribution in [0.4, 0.5) is 4.39 Å². The van der Waals surface area contributed by atoms with Gasteiger partial charge < -0.3 is 10.0 Å². The molecule has 0 aliphatic carbocycles. The summed E-state index contributed by atoms with van der Waals surface area (Å²) in [5, 5.41) is 9.61. The molecule has 18 heavy (non-hydrogen) atoms. The Morgan fingerprint density at radius 3 is 2.89 bits per heavy atom. The van der Waals surface area contributed by atoms with E-state index < -0.39 is 0 Å². The number of nitrogens with zero attached hydrogens (tertiary/aromatic N) is 1. The molecule has 1 aromatic rings. The van der Waals surface area contributed by atoms with Crippen molar-refractivity contribution in [3.05, 3.63) is 35.6 Å². The molecular formula is C14H18FNO2. The highest BCUT2D eigenvalue weighted by atomic mass is 19.1. The molecular weight excluding hydrogens is 233 g/mol. The second kappa shape index (κ2) is 5.48. The quantitative estimate of drug-likeness (QED) is 0.867. The van der Waals surface area contributed by atoms with E-state index in [-0.39, 0.29) is 30.2 Å². The average molecular weight is 251 g/mol. The van der Waals surface area contributed by atoms with Gasteiger partial charge in [0, 0.05) is 13.1 Å². The van der Waals surface area contributed by atoms with E-state index in [4.69, 9.17) is 0 Å². The van der Waals surface area contributed by atoms with Crippen molar-refractivity contribution < 1.29 is 14.3 Å². The van der Waals surface area contributed by atoms with Crippen molar-refractivity contribution in [1.82, 2.24) is 4.90 Å². The fourth-order valence-electron chi connectivity index (χ4n) is 2.28. The van der Waals surface area contributed by atoms with Crippen LogP contribution in [0.2, 0.25) is 0 Å². The molecule has 1 saturated heterocycles. The van der Waals surface area contributed by atoms with Crippen molar-refractivity contribution >= 4 is 5.91 Å². The fourth-order valence-corrected chi connectivity index (χ4v) is 2.28. The monoisotopic (exact) mass is 251 g/mol. The normalized spacial score (nSPS) is 24.1. The van der Waals surface area contributed by atoms with E-state index in [0.29, 0.717) is 25.1 Å². The van der Waals surface area contributed by atoms with Crippen molar-refractivity contribution in [2.45, 2.75) is 25.9 Å². The van der Waals surface area contributed by atoms with Gasteiger partial charge in [-0.05, 0) is 24.0 Å². The summed E-state index contributed by atoms with van der Waals surface area (Å²) in [5.41, 5.74) is 0.432. The first-order chi connectivity index (χ1) is 8.58. The van der Waals surface area contributed by atoms with Crippen LogP contribution in [0.25, 0.3) is 0 Å². The molecule has 1 fully saturated rings. The van der Waals surface area contributed by atoms with Gasteiger partial charge in [-0.3, -0.25) is 4.79 Å². The molecule has 0 radical (unpaired) electrons. The number of aliphatic hydroxyl groups excluding tert-OH is 1. The van der Waals surface area contributed by atoms with Crippen LogP contribution in [0.15, 0.2) is 24.3 Å². The molecule has 2 atom stereocenters. The lowest BCUT2D eigenvalue weighted by Crippen LogP contribution is -2.45. The number of benzene rings is 1. The summed E-state index contributed by atoms with van der Waals surface area (Å²) in [7, 11) is 0. The summed E-state index contributed by atoms with van der Waals surface area (Å²) < 4.78 is 13.4. The molecule has 1 amide bonds. The number of hydrogen-bond acceptors (Lipinski definition) is 2. The van der Waals surface area contributed by atoms with E-state index in [2.05, 4.69) is 0 Å². The topological polar surface area (TPSA) is 40.5 Å². The lowest BCUT2D eigenvalue weighted by Gasteiger charge is -2.34. The van der Waals surface area contributed by atoms with E-state index in [9.17, 15) is 14.3 Å². The van der Waals surface area contributed by atoms with Crippen LogP contribution in [0, 0.1) is 11.7 Å². The van der Waals surface area contributed by atoms with Gasteiger partial charge in [-0.1, -0.05) is 25.1 Å². The van der Waals surface area contributed by atoms with Crippen LogP contribution in [0.1, 0.15) is 18.9 Å². The van der Waals surface area contributed by atoms with Crippen molar-refractivity contribution in [1.29, 1.82) is 0 Å². The molecule has 0 bridgehead atoms. The maximum atomic E-state index is 13.4. The van der Waals surface area contributed by atoms with Gasteiger partial charge in [-0.25, -0.2) is 4.39 Å². The Labute approximate surface area is 106 Å². The zero-order valence-electron chi connectivity index (χ0n) is 10.5. The van der Waals surface area contributed by atoms with Crippen molar-refractivity contribution in [3.63, 3.8) is 0 Å². The third-order valence-corrected chi connectivity index (χ3v) is 3.51. The van der Waals surface area contributed by atoms with E-state index in [1.807, 2.05) is 6.92 Å². The second-order valence-corrected chi connectivity index (χ2v) is 4.94. The summed E-state index contributed by atoms with van der Waals surface area (Å²) in [6.07, 6.45) is 0.363. The minimum absolute atomic E-state index is 0.0705. The third kappa shape index (κ3) is 2.88. The number of rotatable bonds is 2. The summed E-state index contributed by atoms with van der Waals surface area (Å²) in [5.74, 6) is -0.321. The summed E-state index contributed by atoms with van der Waals surface area (Å²) in [6, 6.07) is 6.34. The molecule has 3 nitrogen and oxygen atoms in total. The predicted octanol–water partition coefficient (Wildman–Crippen LogP) is 1.60. The van der Waals surface area contributed by atoms with Crippen LogP contribution >= 0.6 is 0 Å². The molecule has 1 aliphatic rings. The van der Waals surface area contributed by atoms with Crippen molar-refractivity contribution in [2.24, 2.45) is 5.92 Å². The van der Waals surface area contributed by atoms with Gasteiger partial charge in [-0.15, -0.1) is 0 Å². The zero-order valence-corrected chi connectivity index (χ0v) is 10.5. The van der Waals surface area contributed by atoms with Crippen LogP contribution in [0.3, 0.4) is 0 Å². The maximum absolute atomic E-state index is 13.4. The predicted molar refractivity (Wildman–Crippen MR) is 66.5 cm³/mol. The Balaban J connectivity index is 1.99. The molecule has 4 heteroatoms. The van der Waals surface area contributed by atoms with Gasteiger partial charge in [0.1, 0.15) is 5.82 Å². The smallest absolute Gasteiger partial charge is 0.227 e. The molecule has 2 unspecified atom stereocenters. The molecule has 0 spiro atoms. The number of piperidine rings is 1. The van der Waals surface area contributed by atoms with E-state index in [1.165, 1.54) is 6.07 Å². The van der Waals surface area contributed by atoms with Gasteiger partial charge in [0.25, 0.3) is 0 Å². The largest absolute Gasteiger partial charge is 0.393 e. The minimum atomic E-state index is -0.337. The SMILES string of the molecule is CC1CN(C(=O)Cc2ccccc2F)CCC1O. The first-order valence-corrected chi connectivity index (χ1v) is 6.27. The number of aliphatic hydroxyl groups is 1. The summed E-state index contributed by atoms with van der Waals surface area (Å²) >= 11 is 0. The fraction of sp³-hybridized carbons (Fsp3) is 0.500. The molecule has 0 aromatic heterocycles. The average Bonchev–Trinajstić information content (AvgIpc) is 2.35. The number of amides is 1. The standard InChI is InChI=1S/C14H18FNO2/c1-10-9-16(7-6-13(10)17)14(18)8-11-4-2-3-5-12(11)15/h2-5,10,13,17H,6-9H2,1H3. The molecule has 1 aliphatic heterocycles. The Morgan fingerprint density at radius 2 is 2.22 bits per heavy atom. The lowest BCUT2D eigenvalue weighted by molar-refractivity contribution is -0.134. The summed E-state index contributed by atoms with van der Waals surface area (Å²) in [4.78, 5) is 13.8. The number of carbonyl (C=O) groups excluding carboxylic acids is 1. The molecule has 2 rings (SSSR count). The lowest BCUT2D eigenvalue weighted by atomic mass is 9.96. The van der Waals surface area contributed by atoms with E-state index >= 15 is 0 Å². The first kappa shape index (κ1) is 13.0. The maximum Gasteiger partial charge on any atom is 0.227 e. The highest BCUT2D eigenvalue weighted by molar-refractivity contribution is 5.79. The van der Waals surface area contributed by atoms with Crippen LogP contribution in [-0.2, 0) is 11.2 Å². The number of likely N-dealkylation sites (tertiary alicyclic amines) is 1. The van der Waals surface area contributed by atoms with Crippen LogP contribution in [-0.4, -0.2) is 35.1 Å². The van der Waals surface area contributed by atoms with Gasteiger partial charge in [-0.2, -0.15) is 0 Å². The Kier molecular flexibility index (Phi) is 3.97. The number of hydrogen-bond donors (Lipinski definition) is 1. The molecule has 0 saturated carbocycles. The zero-order chi connectivity index (χ0) is 13.1. The van der Waals surface area contributed by atoms with Crippen LogP contribution in [0.5, 0.6) is 0 Å². The highest BCUT2D eigenvalue weighted by Gasteiger charge is 2.27. The van der Waals surface area contributed by atoms with Gasteiger partial charge in [0.15, 0.2) is 0 Å². The second-order valence-electron chi connectivity index (χ2n) is 4.94. The van der Waals surface area contributed by atoms with Gasteiger partial charge in [0.2, 0.25) is 5.91 Å². The van der Waals surface area contributed by atoms with Crippen LogP contribution < -0.4 is 0 Å².